The van der Waals surface area contributed by atoms with Crippen molar-refractivity contribution in [2.45, 2.75) is 19.0 Å². The minimum atomic E-state index is -4.63. The third kappa shape index (κ3) is 4.10. The molecule has 3 aromatic rings. The molecule has 2 aromatic heterocycles. The highest BCUT2D eigenvalue weighted by atomic mass is 32.1. The Labute approximate surface area is 142 Å². The number of rotatable bonds is 5. The second kappa shape index (κ2) is 6.75. The van der Waals surface area contributed by atoms with Gasteiger partial charge in [0.05, 0.1) is 6.42 Å². The fraction of sp³-hybridized carbons (Fsp3) is 0.286. The molecular weight excluding hydrogens is 362 g/mol. The van der Waals surface area contributed by atoms with Gasteiger partial charge >= 0.3 is 6.18 Å². The number of hydrogen-bond donors (Lipinski definition) is 1. The first-order chi connectivity index (χ1) is 11.8. The van der Waals surface area contributed by atoms with Crippen LogP contribution in [0.5, 0.6) is 0 Å². The molecule has 1 N–H and O–H groups in total. The van der Waals surface area contributed by atoms with Crippen molar-refractivity contribution in [2.75, 3.05) is 6.54 Å². The van der Waals surface area contributed by atoms with E-state index in [-0.39, 0.29) is 36.1 Å². The smallest absolute Gasteiger partial charge is 0.355 e. The number of halogens is 4. The van der Waals surface area contributed by atoms with Gasteiger partial charge < -0.3 is 5.32 Å². The number of benzene rings is 1. The van der Waals surface area contributed by atoms with Crippen molar-refractivity contribution < 1.29 is 22.4 Å². The summed E-state index contributed by atoms with van der Waals surface area (Å²) in [6.07, 6.45) is -4.28. The van der Waals surface area contributed by atoms with E-state index in [2.05, 4.69) is 20.6 Å². The summed E-state index contributed by atoms with van der Waals surface area (Å²) in [5.74, 6) is -1.83. The molecule has 0 spiro atoms. The molecular formula is C14H11F4N5OS. The molecule has 0 radical (unpaired) electrons. The number of fused-ring (bicyclic) bond motifs is 1. The molecule has 0 aliphatic heterocycles. The molecule has 0 saturated carbocycles. The molecule has 25 heavy (non-hydrogen) atoms. The van der Waals surface area contributed by atoms with Gasteiger partial charge in [-0.05, 0) is 17.7 Å². The van der Waals surface area contributed by atoms with Gasteiger partial charge in [-0.15, -0.1) is 10.2 Å². The van der Waals surface area contributed by atoms with E-state index in [0.717, 1.165) is 11.3 Å². The maximum Gasteiger partial charge on any atom is 0.453 e. The molecule has 3 rings (SSSR count). The zero-order valence-electron chi connectivity index (χ0n) is 12.5. The molecule has 2 heterocycles. The third-order valence-electron chi connectivity index (χ3n) is 3.23. The third-order valence-corrected chi connectivity index (χ3v) is 4.18. The van der Waals surface area contributed by atoms with Crippen LogP contribution in [0.4, 0.5) is 17.6 Å². The number of nitrogens with zero attached hydrogens (tertiary/aromatic N) is 4. The van der Waals surface area contributed by atoms with Crippen molar-refractivity contribution in [1.82, 2.24) is 25.1 Å². The molecule has 0 atom stereocenters. The Morgan fingerprint density at radius 3 is 2.60 bits per heavy atom. The van der Waals surface area contributed by atoms with Crippen LogP contribution in [0.2, 0.25) is 0 Å². The van der Waals surface area contributed by atoms with Crippen LogP contribution >= 0.6 is 11.3 Å². The van der Waals surface area contributed by atoms with Gasteiger partial charge in [0, 0.05) is 13.0 Å². The Morgan fingerprint density at radius 1 is 1.20 bits per heavy atom. The monoisotopic (exact) mass is 373 g/mol. The van der Waals surface area contributed by atoms with Crippen LogP contribution in [0.1, 0.15) is 16.4 Å². The molecule has 1 aromatic carbocycles. The lowest BCUT2D eigenvalue weighted by molar-refractivity contribution is -0.146. The predicted molar refractivity (Wildman–Crippen MR) is 80.5 cm³/mol. The summed E-state index contributed by atoms with van der Waals surface area (Å²) < 4.78 is 51.6. The average Bonchev–Trinajstić information content (AvgIpc) is 3.08. The molecule has 0 fully saturated rings. The van der Waals surface area contributed by atoms with E-state index in [1.54, 1.807) is 0 Å². The van der Waals surface area contributed by atoms with E-state index in [0.29, 0.717) is 15.1 Å². The summed E-state index contributed by atoms with van der Waals surface area (Å²) in [4.78, 5) is 11.8. The van der Waals surface area contributed by atoms with Crippen molar-refractivity contribution in [1.29, 1.82) is 0 Å². The standard InChI is InChI=1S/C14H11F4N5OS/c15-9-3-1-8(2-4-9)7-10(24)19-6-5-11-22-23-12(14(16,17)18)20-21-13(23)25-11/h1-4H,5-7H2,(H,19,24). The lowest BCUT2D eigenvalue weighted by Gasteiger charge is -2.04. The molecule has 0 aliphatic carbocycles. The topological polar surface area (TPSA) is 72.2 Å². The molecule has 0 unspecified atom stereocenters. The van der Waals surface area contributed by atoms with Crippen LogP contribution in [0.15, 0.2) is 24.3 Å². The number of carbonyl (C=O) groups excluding carboxylic acids is 1. The Bertz CT molecular complexity index is 887. The zero-order chi connectivity index (χ0) is 18.0. The molecule has 0 bridgehead atoms. The Kier molecular flexibility index (Phi) is 4.66. The molecule has 0 saturated heterocycles. The number of amides is 1. The lowest BCUT2D eigenvalue weighted by atomic mass is 10.1. The number of carbonyl (C=O) groups is 1. The minimum Gasteiger partial charge on any atom is -0.355 e. The highest BCUT2D eigenvalue weighted by molar-refractivity contribution is 7.16. The molecule has 6 nitrogen and oxygen atoms in total. The summed E-state index contributed by atoms with van der Waals surface area (Å²) in [6, 6.07) is 5.55. The lowest BCUT2D eigenvalue weighted by Crippen LogP contribution is -2.27. The van der Waals surface area contributed by atoms with Crippen molar-refractivity contribution in [3.05, 3.63) is 46.5 Å². The van der Waals surface area contributed by atoms with Gasteiger partial charge in [0.15, 0.2) is 0 Å². The normalized spacial score (nSPS) is 11.8. The summed E-state index contributed by atoms with van der Waals surface area (Å²) >= 11 is 0.977. The van der Waals surface area contributed by atoms with Gasteiger partial charge in [0.2, 0.25) is 10.9 Å². The van der Waals surface area contributed by atoms with Gasteiger partial charge in [0.1, 0.15) is 10.8 Å². The van der Waals surface area contributed by atoms with Crippen LogP contribution in [0.3, 0.4) is 0 Å². The van der Waals surface area contributed by atoms with E-state index in [4.69, 9.17) is 0 Å². The summed E-state index contributed by atoms with van der Waals surface area (Å²) in [7, 11) is 0. The van der Waals surface area contributed by atoms with Crippen LogP contribution < -0.4 is 5.32 Å². The van der Waals surface area contributed by atoms with E-state index in [1.165, 1.54) is 24.3 Å². The average molecular weight is 373 g/mol. The van der Waals surface area contributed by atoms with Gasteiger partial charge in [0.25, 0.3) is 5.82 Å². The maximum absolute atomic E-state index is 12.8. The number of hydrogen-bond acceptors (Lipinski definition) is 5. The van der Waals surface area contributed by atoms with Crippen molar-refractivity contribution in [3.8, 4) is 0 Å². The first kappa shape index (κ1) is 17.3. The quantitative estimate of drug-likeness (QED) is 0.697. The first-order valence-corrected chi connectivity index (χ1v) is 7.94. The van der Waals surface area contributed by atoms with Crippen molar-refractivity contribution in [2.24, 2.45) is 0 Å². The van der Waals surface area contributed by atoms with Crippen LogP contribution in [-0.4, -0.2) is 32.3 Å². The summed E-state index contributed by atoms with van der Waals surface area (Å²) in [5.41, 5.74) is 0.660. The Morgan fingerprint density at radius 2 is 1.92 bits per heavy atom. The van der Waals surface area contributed by atoms with Crippen molar-refractivity contribution in [3.63, 3.8) is 0 Å². The zero-order valence-corrected chi connectivity index (χ0v) is 13.4. The number of nitrogens with one attached hydrogen (secondary N) is 1. The summed E-state index contributed by atoms with van der Waals surface area (Å²) in [6.45, 7) is 0.214. The van der Waals surface area contributed by atoms with E-state index in [9.17, 15) is 22.4 Å². The van der Waals surface area contributed by atoms with Crippen molar-refractivity contribution >= 4 is 22.2 Å². The Balaban J connectivity index is 1.55. The van der Waals surface area contributed by atoms with Gasteiger partial charge in [-0.2, -0.15) is 22.8 Å². The molecule has 132 valence electrons. The first-order valence-electron chi connectivity index (χ1n) is 7.12. The van der Waals surface area contributed by atoms with E-state index < -0.39 is 12.0 Å². The fourth-order valence-corrected chi connectivity index (χ4v) is 2.93. The minimum absolute atomic E-state index is 0.0416. The second-order valence-electron chi connectivity index (χ2n) is 5.11. The maximum atomic E-state index is 12.8. The van der Waals surface area contributed by atoms with Gasteiger partial charge in [-0.1, -0.05) is 23.5 Å². The van der Waals surface area contributed by atoms with Gasteiger partial charge in [-0.25, -0.2) is 4.39 Å². The van der Waals surface area contributed by atoms with Crippen LogP contribution in [-0.2, 0) is 23.8 Å². The van der Waals surface area contributed by atoms with E-state index in [1.807, 2.05) is 0 Å². The highest BCUT2D eigenvalue weighted by Crippen LogP contribution is 2.28. The molecule has 1 amide bonds. The largest absolute Gasteiger partial charge is 0.453 e. The predicted octanol–water partition coefficient (Wildman–Crippen LogP) is 2.25. The Hall–Kier alpha value is -2.56. The fourth-order valence-electron chi connectivity index (χ4n) is 2.09. The SMILES string of the molecule is O=C(Cc1ccc(F)cc1)NCCc1nn2c(C(F)(F)F)nnc2s1. The summed E-state index contributed by atoms with van der Waals surface area (Å²) in [5, 5.41) is 13.4. The van der Waals surface area contributed by atoms with Crippen LogP contribution in [0, 0.1) is 5.82 Å². The number of alkyl halides is 3. The van der Waals surface area contributed by atoms with E-state index >= 15 is 0 Å². The number of aromatic nitrogens is 4. The van der Waals surface area contributed by atoms with Crippen LogP contribution in [0.25, 0.3) is 4.96 Å². The van der Waals surface area contributed by atoms with Gasteiger partial charge in [-0.3, -0.25) is 4.79 Å². The highest BCUT2D eigenvalue weighted by Gasteiger charge is 2.38. The second-order valence-corrected chi connectivity index (χ2v) is 6.16. The molecule has 0 aliphatic rings. The molecule has 11 heteroatoms.